The van der Waals surface area contributed by atoms with Crippen LogP contribution in [-0.2, 0) is 6.42 Å². The molecule has 8 heteroatoms. The molecule has 0 aromatic heterocycles. The number of benzene rings is 2. The van der Waals surface area contributed by atoms with Gasteiger partial charge >= 0.3 is 0 Å². The minimum atomic E-state index is -0.795. The van der Waals surface area contributed by atoms with Crippen LogP contribution in [0.2, 0.25) is 0 Å². The number of carbonyl (C=O) groups is 1. The van der Waals surface area contributed by atoms with Crippen molar-refractivity contribution in [2.24, 2.45) is 0 Å². The fourth-order valence-electron chi connectivity index (χ4n) is 2.38. The van der Waals surface area contributed by atoms with Crippen molar-refractivity contribution in [2.75, 3.05) is 0 Å². The van der Waals surface area contributed by atoms with Gasteiger partial charge in [-0.25, -0.2) is 0 Å². The Balaban J connectivity index is 2.06. The molecule has 0 saturated heterocycles. The third-order valence-electron chi connectivity index (χ3n) is 3.72. The maximum Gasteiger partial charge on any atom is 0.289 e. The summed E-state index contributed by atoms with van der Waals surface area (Å²) in [4.78, 5) is 32.6. The van der Waals surface area contributed by atoms with Crippen LogP contribution in [0.25, 0.3) is 0 Å². The number of aryl methyl sites for hydroxylation is 1. The topological polar surface area (TPSA) is 115 Å². The van der Waals surface area contributed by atoms with Gasteiger partial charge in [-0.1, -0.05) is 30.3 Å². The normalized spacial score (nSPS) is 11.6. The smallest absolute Gasteiger partial charge is 0.289 e. The number of nitro groups is 2. The summed E-state index contributed by atoms with van der Waals surface area (Å²) in [5.74, 6) is -0.623. The Bertz CT molecular complexity index is 792. The minimum absolute atomic E-state index is 0.192. The van der Waals surface area contributed by atoms with Crippen LogP contribution in [0, 0.1) is 20.2 Å². The molecule has 0 aliphatic carbocycles. The van der Waals surface area contributed by atoms with Gasteiger partial charge in [-0.15, -0.1) is 0 Å². The number of hydrogen-bond acceptors (Lipinski definition) is 5. The molecule has 1 unspecified atom stereocenters. The van der Waals surface area contributed by atoms with Crippen molar-refractivity contribution in [3.63, 3.8) is 0 Å². The molecule has 25 heavy (non-hydrogen) atoms. The number of nitrogens with zero attached hydrogens (tertiary/aromatic N) is 2. The van der Waals surface area contributed by atoms with E-state index in [0.29, 0.717) is 6.42 Å². The minimum Gasteiger partial charge on any atom is -0.349 e. The first-order valence-electron chi connectivity index (χ1n) is 7.66. The Morgan fingerprint density at radius 1 is 1.08 bits per heavy atom. The Morgan fingerprint density at radius 3 is 2.36 bits per heavy atom. The average molecular weight is 343 g/mol. The molecule has 0 heterocycles. The lowest BCUT2D eigenvalue weighted by Gasteiger charge is -2.14. The average Bonchev–Trinajstić information content (AvgIpc) is 2.60. The van der Waals surface area contributed by atoms with Crippen LogP contribution in [-0.4, -0.2) is 21.8 Å². The Labute approximate surface area is 143 Å². The van der Waals surface area contributed by atoms with Crippen LogP contribution in [0.4, 0.5) is 11.4 Å². The van der Waals surface area contributed by atoms with E-state index in [1.54, 1.807) is 6.92 Å². The molecule has 1 amide bonds. The van der Waals surface area contributed by atoms with Crippen molar-refractivity contribution < 1.29 is 14.6 Å². The monoisotopic (exact) mass is 343 g/mol. The third-order valence-corrected chi connectivity index (χ3v) is 3.72. The molecule has 0 radical (unpaired) electrons. The van der Waals surface area contributed by atoms with Crippen molar-refractivity contribution in [2.45, 2.75) is 25.8 Å². The number of carbonyl (C=O) groups excluding carboxylic acids is 1. The summed E-state index contributed by atoms with van der Waals surface area (Å²) >= 11 is 0. The molecule has 1 N–H and O–H groups in total. The maximum absolute atomic E-state index is 12.3. The highest BCUT2D eigenvalue weighted by Crippen LogP contribution is 2.24. The molecule has 8 nitrogen and oxygen atoms in total. The molecule has 1 atom stereocenters. The van der Waals surface area contributed by atoms with Gasteiger partial charge in [0.05, 0.1) is 15.9 Å². The summed E-state index contributed by atoms with van der Waals surface area (Å²) in [5.41, 5.74) is -0.0746. The molecule has 0 aliphatic heterocycles. The Kier molecular flexibility index (Phi) is 5.78. The molecule has 0 spiro atoms. The zero-order valence-corrected chi connectivity index (χ0v) is 13.5. The lowest BCUT2D eigenvalue weighted by Crippen LogP contribution is -2.33. The molecular formula is C17H17N3O5. The van der Waals surface area contributed by atoms with Gasteiger partial charge in [0, 0.05) is 12.1 Å². The maximum atomic E-state index is 12.3. The first kappa shape index (κ1) is 18.1. The zero-order valence-electron chi connectivity index (χ0n) is 13.5. The lowest BCUT2D eigenvalue weighted by atomic mass is 10.1. The molecule has 0 aliphatic rings. The van der Waals surface area contributed by atoms with Gasteiger partial charge in [0.25, 0.3) is 17.3 Å². The van der Waals surface area contributed by atoms with Crippen LogP contribution in [0.1, 0.15) is 29.3 Å². The summed E-state index contributed by atoms with van der Waals surface area (Å²) in [7, 11) is 0. The van der Waals surface area contributed by atoms with Gasteiger partial charge in [0.2, 0.25) is 0 Å². The van der Waals surface area contributed by atoms with Crippen molar-refractivity contribution in [3.8, 4) is 0 Å². The largest absolute Gasteiger partial charge is 0.349 e. The van der Waals surface area contributed by atoms with Gasteiger partial charge in [-0.3, -0.25) is 25.0 Å². The van der Waals surface area contributed by atoms with Gasteiger partial charge in [0.15, 0.2) is 0 Å². The number of nitrogens with one attached hydrogen (secondary N) is 1. The van der Waals surface area contributed by atoms with Crippen molar-refractivity contribution in [3.05, 3.63) is 79.9 Å². The predicted octanol–water partition coefficient (Wildman–Crippen LogP) is 3.25. The third kappa shape index (κ3) is 4.84. The van der Waals surface area contributed by atoms with E-state index < -0.39 is 27.1 Å². The van der Waals surface area contributed by atoms with E-state index in [9.17, 15) is 25.0 Å². The van der Waals surface area contributed by atoms with Gasteiger partial charge in [-0.05, 0) is 31.4 Å². The highest BCUT2D eigenvalue weighted by atomic mass is 16.6. The van der Waals surface area contributed by atoms with E-state index in [0.717, 1.165) is 30.2 Å². The molecule has 2 rings (SSSR count). The highest BCUT2D eigenvalue weighted by molar-refractivity contribution is 5.98. The van der Waals surface area contributed by atoms with Crippen LogP contribution < -0.4 is 5.32 Å². The number of rotatable bonds is 7. The van der Waals surface area contributed by atoms with E-state index >= 15 is 0 Å². The van der Waals surface area contributed by atoms with Crippen molar-refractivity contribution in [1.29, 1.82) is 0 Å². The van der Waals surface area contributed by atoms with Crippen LogP contribution in [0.5, 0.6) is 0 Å². The number of hydrogen-bond donors (Lipinski definition) is 1. The molecule has 0 bridgehead atoms. The quantitative estimate of drug-likeness (QED) is 0.612. The fourth-order valence-corrected chi connectivity index (χ4v) is 2.38. The summed E-state index contributed by atoms with van der Waals surface area (Å²) < 4.78 is 0. The van der Waals surface area contributed by atoms with Gasteiger partial charge < -0.3 is 5.32 Å². The second-order valence-electron chi connectivity index (χ2n) is 5.61. The number of amides is 1. The predicted molar refractivity (Wildman–Crippen MR) is 91.4 cm³/mol. The second kappa shape index (κ2) is 8.00. The summed E-state index contributed by atoms with van der Waals surface area (Å²) in [6.07, 6.45) is 1.42. The lowest BCUT2D eigenvalue weighted by molar-refractivity contribution is -0.394. The van der Waals surface area contributed by atoms with Crippen LogP contribution >= 0.6 is 0 Å². The molecule has 130 valence electrons. The Hall–Kier alpha value is -3.29. The van der Waals surface area contributed by atoms with Crippen molar-refractivity contribution in [1.82, 2.24) is 5.32 Å². The molecule has 2 aromatic carbocycles. The summed E-state index contributed by atoms with van der Waals surface area (Å²) in [6, 6.07) is 12.5. The van der Waals surface area contributed by atoms with Crippen molar-refractivity contribution >= 4 is 17.3 Å². The second-order valence-corrected chi connectivity index (χ2v) is 5.61. The van der Waals surface area contributed by atoms with Crippen LogP contribution in [0.15, 0.2) is 48.5 Å². The standard InChI is InChI=1S/C17H17N3O5/c1-12(7-8-13-5-3-2-4-6-13)18-17(21)15-10-9-14(19(22)23)11-16(15)20(24)25/h2-6,9-12H,7-8H2,1H3,(H,18,21). The van der Waals surface area contributed by atoms with Gasteiger partial charge in [-0.2, -0.15) is 0 Å². The van der Waals surface area contributed by atoms with E-state index in [1.807, 2.05) is 30.3 Å². The van der Waals surface area contributed by atoms with E-state index in [1.165, 1.54) is 0 Å². The van der Waals surface area contributed by atoms with E-state index in [4.69, 9.17) is 0 Å². The SMILES string of the molecule is CC(CCc1ccccc1)NC(=O)c1ccc([N+](=O)[O-])cc1[N+](=O)[O-]. The number of non-ortho nitro benzene ring substituents is 1. The van der Waals surface area contributed by atoms with E-state index in [2.05, 4.69) is 5.32 Å². The molecule has 0 fully saturated rings. The first-order valence-corrected chi connectivity index (χ1v) is 7.66. The number of nitro benzene ring substituents is 2. The molecule has 0 saturated carbocycles. The summed E-state index contributed by atoms with van der Waals surface area (Å²) in [6.45, 7) is 1.80. The Morgan fingerprint density at radius 2 is 1.76 bits per heavy atom. The molecule has 2 aromatic rings. The summed E-state index contributed by atoms with van der Waals surface area (Å²) in [5, 5.41) is 24.5. The zero-order chi connectivity index (χ0) is 18.4. The molecular weight excluding hydrogens is 326 g/mol. The van der Waals surface area contributed by atoms with Crippen LogP contribution in [0.3, 0.4) is 0 Å². The highest BCUT2D eigenvalue weighted by Gasteiger charge is 2.24. The van der Waals surface area contributed by atoms with Gasteiger partial charge in [0.1, 0.15) is 5.56 Å². The fraction of sp³-hybridized carbons (Fsp3) is 0.235. The first-order chi connectivity index (χ1) is 11.9. The van der Waals surface area contributed by atoms with E-state index in [-0.39, 0.29) is 11.6 Å².